The monoisotopic (exact) mass is 489 g/mol. The van der Waals surface area contributed by atoms with Crippen molar-refractivity contribution in [1.82, 2.24) is 4.98 Å². The van der Waals surface area contributed by atoms with Gasteiger partial charge in [-0.25, -0.2) is 9.98 Å². The molecule has 0 N–H and O–H groups in total. The van der Waals surface area contributed by atoms with Crippen LogP contribution in [0, 0.1) is 11.3 Å². The molecule has 1 aliphatic rings. The second-order valence-electron chi connectivity index (χ2n) is 7.74. The molecule has 33 heavy (non-hydrogen) atoms. The molecule has 0 radical (unpaired) electrons. The van der Waals surface area contributed by atoms with Crippen molar-refractivity contribution in [2.24, 2.45) is 4.99 Å². The molecular weight excluding hydrogens is 471 g/mol. The maximum Gasteiger partial charge on any atom is 0.417 e. The number of pyridine rings is 1. The topological polar surface area (TPSA) is 55.5 Å². The Morgan fingerprint density at radius 1 is 1.27 bits per heavy atom. The molecule has 1 aliphatic heterocycles. The van der Waals surface area contributed by atoms with E-state index in [1.807, 2.05) is 48.2 Å². The van der Waals surface area contributed by atoms with Gasteiger partial charge in [0.25, 0.3) is 0 Å². The molecule has 0 spiro atoms. The molecule has 0 unspecified atom stereocenters. The molecule has 4 rings (SSSR count). The predicted octanol–water partition coefficient (Wildman–Crippen LogP) is 6.07. The first kappa shape index (κ1) is 23.1. The van der Waals surface area contributed by atoms with Gasteiger partial charge in [-0.1, -0.05) is 23.7 Å². The minimum absolute atomic E-state index is 0.0512. The molecule has 2 aromatic heterocycles. The highest BCUT2D eigenvalue weighted by Gasteiger charge is 2.33. The Kier molecular flexibility index (Phi) is 6.32. The minimum atomic E-state index is -4.50. The number of hydrogen-bond acceptors (Lipinski definition) is 6. The van der Waals surface area contributed by atoms with Crippen LogP contribution in [0.15, 0.2) is 41.5 Å². The molecule has 0 saturated carbocycles. The van der Waals surface area contributed by atoms with Crippen LogP contribution in [0.5, 0.6) is 0 Å². The largest absolute Gasteiger partial charge is 0.417 e. The Morgan fingerprint density at radius 3 is 2.61 bits per heavy atom. The third kappa shape index (κ3) is 4.82. The summed E-state index contributed by atoms with van der Waals surface area (Å²) in [4.78, 5) is 13.3. The molecule has 5 nitrogen and oxygen atoms in total. The van der Waals surface area contributed by atoms with E-state index in [9.17, 15) is 18.4 Å². The maximum atomic E-state index is 12.9. The first-order valence-electron chi connectivity index (χ1n) is 10.0. The normalized spacial score (nSPS) is 13.8. The van der Waals surface area contributed by atoms with E-state index < -0.39 is 11.7 Å². The van der Waals surface area contributed by atoms with Gasteiger partial charge < -0.3 is 9.80 Å². The summed E-state index contributed by atoms with van der Waals surface area (Å²) < 4.78 is 38.8. The van der Waals surface area contributed by atoms with Gasteiger partial charge in [0.2, 0.25) is 0 Å². The molecule has 0 fully saturated rings. The quantitative estimate of drug-likeness (QED) is 0.418. The molecule has 10 heteroatoms. The van der Waals surface area contributed by atoms with Gasteiger partial charge in [-0.05, 0) is 35.7 Å². The van der Waals surface area contributed by atoms with Crippen molar-refractivity contribution in [3.63, 3.8) is 0 Å². The summed E-state index contributed by atoms with van der Waals surface area (Å²) in [5.74, 6) is 0.299. The minimum Gasteiger partial charge on any atom is -0.378 e. The van der Waals surface area contributed by atoms with Crippen LogP contribution in [0.3, 0.4) is 0 Å². The highest BCUT2D eigenvalue weighted by atomic mass is 35.5. The summed E-state index contributed by atoms with van der Waals surface area (Å²) in [6.45, 7) is 0.894. The summed E-state index contributed by atoms with van der Waals surface area (Å²) in [5.41, 5.74) is 2.58. The van der Waals surface area contributed by atoms with Gasteiger partial charge in [0.05, 0.1) is 22.7 Å². The smallest absolute Gasteiger partial charge is 0.378 e. The van der Waals surface area contributed by atoms with Crippen LogP contribution in [0.2, 0.25) is 5.02 Å². The lowest BCUT2D eigenvalue weighted by atomic mass is 10.0. The average Bonchev–Trinajstić information content (AvgIpc) is 3.13. The lowest BCUT2D eigenvalue weighted by Crippen LogP contribution is -2.30. The van der Waals surface area contributed by atoms with Crippen molar-refractivity contribution in [3.8, 4) is 6.07 Å². The van der Waals surface area contributed by atoms with Crippen molar-refractivity contribution < 1.29 is 13.2 Å². The number of nitriles is 1. The van der Waals surface area contributed by atoms with Crippen molar-refractivity contribution >= 4 is 45.7 Å². The van der Waals surface area contributed by atoms with E-state index in [1.165, 1.54) is 11.3 Å². The number of hydrogen-bond donors (Lipinski definition) is 0. The van der Waals surface area contributed by atoms with Gasteiger partial charge in [0, 0.05) is 43.6 Å². The summed E-state index contributed by atoms with van der Waals surface area (Å²) in [6.07, 6.45) is -1.42. The summed E-state index contributed by atoms with van der Waals surface area (Å²) in [7, 11) is 3.93. The number of nitrogens with zero attached hydrogens (tertiary/aromatic N) is 5. The molecule has 0 bridgehead atoms. The molecule has 3 aromatic rings. The Labute approximate surface area is 198 Å². The van der Waals surface area contributed by atoms with Crippen molar-refractivity contribution in [3.05, 3.63) is 68.7 Å². The molecule has 0 saturated heterocycles. The van der Waals surface area contributed by atoms with Crippen LogP contribution >= 0.6 is 22.9 Å². The first-order chi connectivity index (χ1) is 15.7. The number of fused-ring (bicyclic) bond motifs is 1. The van der Waals surface area contributed by atoms with Crippen molar-refractivity contribution in [2.75, 3.05) is 30.4 Å². The van der Waals surface area contributed by atoms with Crippen LogP contribution in [-0.4, -0.2) is 31.8 Å². The summed E-state index contributed by atoms with van der Waals surface area (Å²) >= 11 is 7.53. The number of benzene rings is 1. The number of anilines is 2. The van der Waals surface area contributed by atoms with Gasteiger partial charge in [0.1, 0.15) is 16.9 Å². The van der Waals surface area contributed by atoms with Crippen LogP contribution in [0.25, 0.3) is 0 Å². The van der Waals surface area contributed by atoms with E-state index in [4.69, 9.17) is 11.6 Å². The van der Waals surface area contributed by atoms with E-state index in [0.29, 0.717) is 35.9 Å². The SMILES string of the molecule is CN(C)c1ccc(/C=N/c2sc3c(c2C#N)CCN(c2ncc(C(F)(F)F)cc2Cl)C3)cc1. The second kappa shape index (κ2) is 9.04. The van der Waals surface area contributed by atoms with Gasteiger partial charge in [-0.3, -0.25) is 0 Å². The van der Waals surface area contributed by atoms with Gasteiger partial charge in [-0.2, -0.15) is 18.4 Å². The van der Waals surface area contributed by atoms with Gasteiger partial charge >= 0.3 is 6.18 Å². The molecule has 0 atom stereocenters. The first-order valence-corrected chi connectivity index (χ1v) is 11.2. The zero-order chi connectivity index (χ0) is 23.8. The number of thiophene rings is 1. The van der Waals surface area contributed by atoms with E-state index in [0.717, 1.165) is 34.0 Å². The zero-order valence-electron chi connectivity index (χ0n) is 17.8. The third-order valence-electron chi connectivity index (χ3n) is 5.34. The lowest BCUT2D eigenvalue weighted by molar-refractivity contribution is -0.137. The van der Waals surface area contributed by atoms with Crippen LogP contribution in [0.1, 0.15) is 27.1 Å². The fourth-order valence-electron chi connectivity index (χ4n) is 3.59. The Bertz CT molecular complexity index is 1240. The standard InChI is InChI=1S/C23H19ClF3N5S/c1-31(2)16-5-3-14(4-6-16)11-30-22-18(10-28)17-7-8-32(13-20(17)33-22)21-19(24)9-15(12-29-21)23(25,26)27/h3-6,9,11-12H,7-8,13H2,1-2H3/b30-11+. The van der Waals surface area contributed by atoms with Crippen LogP contribution < -0.4 is 9.80 Å². The molecule has 0 aliphatic carbocycles. The number of halogens is 4. The van der Waals surface area contributed by atoms with Crippen molar-refractivity contribution in [2.45, 2.75) is 19.1 Å². The maximum absolute atomic E-state index is 12.9. The third-order valence-corrected chi connectivity index (χ3v) is 6.74. The van der Waals surface area contributed by atoms with E-state index in [-0.39, 0.29) is 5.02 Å². The number of aliphatic imine (C=N–C) groups is 1. The summed E-state index contributed by atoms with van der Waals surface area (Å²) in [5, 5.41) is 10.3. The molecule has 1 aromatic carbocycles. The predicted molar refractivity (Wildman–Crippen MR) is 126 cm³/mol. The number of aromatic nitrogens is 1. The number of rotatable bonds is 4. The molecule has 3 heterocycles. The van der Waals surface area contributed by atoms with E-state index in [1.54, 1.807) is 6.21 Å². The fourth-order valence-corrected chi connectivity index (χ4v) is 5.03. The highest BCUT2D eigenvalue weighted by molar-refractivity contribution is 7.16. The van der Waals surface area contributed by atoms with Crippen LogP contribution in [-0.2, 0) is 19.1 Å². The zero-order valence-corrected chi connectivity index (χ0v) is 19.4. The molecule has 170 valence electrons. The summed E-state index contributed by atoms with van der Waals surface area (Å²) in [6, 6.07) is 11.0. The molecule has 0 amide bonds. The van der Waals surface area contributed by atoms with Gasteiger partial charge in [0.15, 0.2) is 0 Å². The fraction of sp³-hybridized carbons (Fsp3) is 0.261. The Balaban J connectivity index is 1.57. The average molecular weight is 490 g/mol. The Hall–Kier alpha value is -3.09. The van der Waals surface area contributed by atoms with E-state index >= 15 is 0 Å². The van der Waals surface area contributed by atoms with Crippen LogP contribution in [0.4, 0.5) is 29.7 Å². The van der Waals surface area contributed by atoms with Gasteiger partial charge in [-0.15, -0.1) is 11.3 Å². The lowest BCUT2D eigenvalue weighted by Gasteiger charge is -2.28. The van der Waals surface area contributed by atoms with Crippen molar-refractivity contribution in [1.29, 1.82) is 5.26 Å². The highest BCUT2D eigenvalue weighted by Crippen LogP contribution is 2.41. The molecular formula is C23H19ClF3N5S. The second-order valence-corrected chi connectivity index (χ2v) is 9.23. The van der Waals surface area contributed by atoms with E-state index in [2.05, 4.69) is 16.0 Å². The Morgan fingerprint density at radius 2 is 2.00 bits per heavy atom. The number of alkyl halides is 3.